The summed E-state index contributed by atoms with van der Waals surface area (Å²) in [5.74, 6) is -0.266. The zero-order valence-electron chi connectivity index (χ0n) is 15.2. The van der Waals surface area contributed by atoms with Crippen LogP contribution in [0.2, 0.25) is 0 Å². The number of nitrogens with zero attached hydrogens (tertiary/aromatic N) is 2. The lowest BCUT2D eigenvalue weighted by molar-refractivity contribution is -0.142. The number of carbonyl (C=O) groups is 2. The molecule has 26 heavy (non-hydrogen) atoms. The van der Waals surface area contributed by atoms with E-state index in [1.54, 1.807) is 6.92 Å². The highest BCUT2D eigenvalue weighted by Gasteiger charge is 2.21. The number of nitrogens with one attached hydrogen (secondary N) is 2. The van der Waals surface area contributed by atoms with Gasteiger partial charge in [0, 0.05) is 5.69 Å². The first kappa shape index (κ1) is 20.2. The summed E-state index contributed by atoms with van der Waals surface area (Å²) in [6.07, 6.45) is 0.624. The van der Waals surface area contributed by atoms with E-state index >= 15 is 0 Å². The van der Waals surface area contributed by atoms with Crippen molar-refractivity contribution >= 4 is 45.9 Å². The maximum atomic E-state index is 12.1. The van der Waals surface area contributed by atoms with Crippen molar-refractivity contribution in [1.82, 2.24) is 10.2 Å². The van der Waals surface area contributed by atoms with Crippen molar-refractivity contribution in [2.75, 3.05) is 17.2 Å². The maximum absolute atomic E-state index is 12.1. The van der Waals surface area contributed by atoms with Crippen LogP contribution >= 0.6 is 23.1 Å². The molecule has 0 radical (unpaired) electrons. The Labute approximate surface area is 160 Å². The molecule has 0 unspecified atom stereocenters. The van der Waals surface area contributed by atoms with Crippen LogP contribution in [0.5, 0.6) is 0 Å². The summed E-state index contributed by atoms with van der Waals surface area (Å²) in [6.45, 7) is 8.03. The maximum Gasteiger partial charge on any atom is 0.325 e. The number of hydrogen-bond acceptors (Lipinski definition) is 7. The van der Waals surface area contributed by atoms with E-state index in [4.69, 9.17) is 4.74 Å². The molecule has 2 N–H and O–H groups in total. The fraction of sp³-hybridized carbons (Fsp3) is 0.412. The average molecular weight is 395 g/mol. The number of urea groups is 1. The van der Waals surface area contributed by atoms with Crippen molar-refractivity contribution in [3.63, 3.8) is 0 Å². The molecule has 7 nitrogen and oxygen atoms in total. The van der Waals surface area contributed by atoms with Crippen LogP contribution in [0.25, 0.3) is 0 Å². The van der Waals surface area contributed by atoms with Gasteiger partial charge in [-0.2, -0.15) is 0 Å². The number of aryl methyl sites for hydroxylation is 2. The summed E-state index contributed by atoms with van der Waals surface area (Å²) < 4.78 is 5.64. The summed E-state index contributed by atoms with van der Waals surface area (Å²) in [5, 5.41) is 13.4. The lowest BCUT2D eigenvalue weighted by atomic mass is 10.1. The molecule has 2 amide bonds. The molecule has 0 aliphatic carbocycles. The Morgan fingerprint density at radius 3 is 2.62 bits per heavy atom. The summed E-state index contributed by atoms with van der Waals surface area (Å²) >= 11 is 2.51. The molecule has 0 fully saturated rings. The van der Waals surface area contributed by atoms with Crippen molar-refractivity contribution < 1.29 is 14.3 Å². The molecule has 2 aromatic rings. The van der Waals surface area contributed by atoms with E-state index < -0.39 is 6.03 Å². The molecule has 0 aliphatic heterocycles. The van der Waals surface area contributed by atoms with Crippen LogP contribution in [0.1, 0.15) is 31.4 Å². The highest BCUT2D eigenvalue weighted by molar-refractivity contribution is 8.02. The van der Waals surface area contributed by atoms with E-state index in [-0.39, 0.29) is 11.2 Å². The first-order chi connectivity index (χ1) is 12.4. The average Bonchev–Trinajstić information content (AvgIpc) is 3.03. The number of esters is 1. The van der Waals surface area contributed by atoms with Crippen LogP contribution in [-0.4, -0.2) is 34.1 Å². The zero-order chi connectivity index (χ0) is 19.1. The van der Waals surface area contributed by atoms with Gasteiger partial charge < -0.3 is 10.1 Å². The standard InChI is InChI=1S/C17H22N4O3S2/c1-5-13(14(22)24-6-2)25-17-21-20-16(26-17)19-15(23)18-12-8-7-10(3)11(4)9-12/h7-9,13H,5-6H2,1-4H3,(H2,18,19,20,23)/t13-/m0/s1. The third kappa shape index (κ3) is 5.70. The molecule has 1 heterocycles. The molecule has 0 spiro atoms. The zero-order valence-corrected chi connectivity index (χ0v) is 16.8. The first-order valence-electron chi connectivity index (χ1n) is 8.25. The third-order valence-corrected chi connectivity index (χ3v) is 5.82. The predicted octanol–water partition coefficient (Wildman–Crippen LogP) is 4.23. The Morgan fingerprint density at radius 1 is 1.19 bits per heavy atom. The van der Waals surface area contributed by atoms with Crippen LogP contribution in [0.15, 0.2) is 22.5 Å². The Hall–Kier alpha value is -2.13. The van der Waals surface area contributed by atoms with Gasteiger partial charge in [0.1, 0.15) is 5.25 Å². The molecule has 140 valence electrons. The number of ether oxygens (including phenoxy) is 1. The van der Waals surface area contributed by atoms with Gasteiger partial charge in [-0.25, -0.2) is 4.79 Å². The van der Waals surface area contributed by atoms with E-state index in [1.165, 1.54) is 23.1 Å². The molecule has 0 aliphatic rings. The van der Waals surface area contributed by atoms with Gasteiger partial charge in [0.05, 0.1) is 6.61 Å². The molecule has 0 bridgehead atoms. The summed E-state index contributed by atoms with van der Waals surface area (Å²) in [6, 6.07) is 5.30. The number of thioether (sulfide) groups is 1. The molecule has 1 aromatic heterocycles. The minimum Gasteiger partial charge on any atom is -0.465 e. The Kier molecular flexibility index (Phi) is 7.40. The quantitative estimate of drug-likeness (QED) is 0.415. The molecule has 0 saturated carbocycles. The summed E-state index contributed by atoms with van der Waals surface area (Å²) in [4.78, 5) is 23.9. The van der Waals surface area contributed by atoms with Gasteiger partial charge in [-0.3, -0.25) is 10.1 Å². The number of benzene rings is 1. The molecular formula is C17H22N4O3S2. The van der Waals surface area contributed by atoms with Gasteiger partial charge >= 0.3 is 12.0 Å². The Morgan fingerprint density at radius 2 is 1.96 bits per heavy atom. The SMILES string of the molecule is CCOC(=O)[C@H](CC)Sc1nnc(NC(=O)Nc2ccc(C)c(C)c2)s1. The second-order valence-electron chi connectivity index (χ2n) is 5.52. The lowest BCUT2D eigenvalue weighted by Gasteiger charge is -2.10. The highest BCUT2D eigenvalue weighted by atomic mass is 32.2. The Bertz CT molecular complexity index is 779. The number of rotatable bonds is 7. The number of aromatic nitrogens is 2. The fourth-order valence-electron chi connectivity index (χ4n) is 2.04. The monoisotopic (exact) mass is 394 g/mol. The molecular weight excluding hydrogens is 372 g/mol. The summed E-state index contributed by atoms with van der Waals surface area (Å²) in [7, 11) is 0. The Balaban J connectivity index is 1.93. The molecule has 9 heteroatoms. The van der Waals surface area contributed by atoms with Crippen molar-refractivity contribution in [3.05, 3.63) is 29.3 Å². The number of carbonyl (C=O) groups excluding carboxylic acids is 2. The second kappa shape index (κ2) is 9.54. The molecule has 2 rings (SSSR count). The van der Waals surface area contributed by atoms with Crippen molar-refractivity contribution in [3.8, 4) is 0 Å². The molecule has 0 saturated heterocycles. The predicted molar refractivity (Wildman–Crippen MR) is 105 cm³/mol. The highest BCUT2D eigenvalue weighted by Crippen LogP contribution is 2.31. The van der Waals surface area contributed by atoms with Crippen molar-refractivity contribution in [2.24, 2.45) is 0 Å². The van der Waals surface area contributed by atoms with Crippen LogP contribution in [0.4, 0.5) is 15.6 Å². The summed E-state index contributed by atoms with van der Waals surface area (Å²) in [5.41, 5.74) is 2.97. The van der Waals surface area contributed by atoms with Crippen LogP contribution in [-0.2, 0) is 9.53 Å². The van der Waals surface area contributed by atoms with Gasteiger partial charge in [-0.15, -0.1) is 10.2 Å². The second-order valence-corrected chi connectivity index (χ2v) is 7.95. The topological polar surface area (TPSA) is 93.2 Å². The van der Waals surface area contributed by atoms with Crippen LogP contribution < -0.4 is 10.6 Å². The molecule has 1 aromatic carbocycles. The fourth-order valence-corrected chi connectivity index (χ4v) is 3.95. The smallest absolute Gasteiger partial charge is 0.325 e. The molecule has 1 atom stereocenters. The van der Waals surface area contributed by atoms with E-state index in [0.717, 1.165) is 11.1 Å². The van der Waals surface area contributed by atoms with E-state index in [9.17, 15) is 9.59 Å². The van der Waals surface area contributed by atoms with Crippen LogP contribution in [0, 0.1) is 13.8 Å². The number of anilines is 2. The van der Waals surface area contributed by atoms with Crippen molar-refractivity contribution in [1.29, 1.82) is 0 Å². The number of hydrogen-bond donors (Lipinski definition) is 2. The van der Waals surface area contributed by atoms with Gasteiger partial charge in [0.25, 0.3) is 0 Å². The number of amides is 2. The van der Waals surface area contributed by atoms with E-state index in [0.29, 0.717) is 28.2 Å². The van der Waals surface area contributed by atoms with Gasteiger partial charge in [-0.05, 0) is 50.5 Å². The van der Waals surface area contributed by atoms with Gasteiger partial charge in [0.15, 0.2) is 4.34 Å². The van der Waals surface area contributed by atoms with Gasteiger partial charge in [-0.1, -0.05) is 36.1 Å². The normalized spacial score (nSPS) is 11.7. The largest absolute Gasteiger partial charge is 0.465 e. The third-order valence-electron chi connectivity index (χ3n) is 3.56. The lowest BCUT2D eigenvalue weighted by Crippen LogP contribution is -2.19. The van der Waals surface area contributed by atoms with Crippen molar-refractivity contribution in [2.45, 2.75) is 43.7 Å². The van der Waals surface area contributed by atoms with E-state index in [1.807, 2.05) is 39.0 Å². The van der Waals surface area contributed by atoms with E-state index in [2.05, 4.69) is 20.8 Å². The minimum atomic E-state index is -0.390. The van der Waals surface area contributed by atoms with Gasteiger partial charge in [0.2, 0.25) is 5.13 Å². The minimum absolute atomic E-state index is 0.266. The first-order valence-corrected chi connectivity index (χ1v) is 9.94. The van der Waals surface area contributed by atoms with Crippen LogP contribution in [0.3, 0.4) is 0 Å².